The molecule has 2 aromatic carbocycles. The van der Waals surface area contributed by atoms with Gasteiger partial charge in [0.05, 0.1) is 0 Å². The highest BCUT2D eigenvalue weighted by atomic mass is 16.5. The first-order valence-corrected chi connectivity index (χ1v) is 8.82. The Morgan fingerprint density at radius 2 is 1.86 bits per heavy atom. The van der Waals surface area contributed by atoms with E-state index in [1.165, 1.54) is 6.07 Å². The molecule has 8 heteroatoms. The Bertz CT molecular complexity index is 1300. The molecule has 4 rings (SSSR count). The van der Waals surface area contributed by atoms with E-state index in [9.17, 15) is 14.4 Å². The standard InChI is InChI=1S/C21H16N2O6/c1-13-7-8-16-15(10-18(24)28-17(16)9-13)12-27-19(25)11-23-21(26)29-20(22-23)14-5-3-2-4-6-14/h2-10H,11-12H2,1H3. The maximum absolute atomic E-state index is 12.2. The second-order valence-corrected chi connectivity index (χ2v) is 6.45. The van der Waals surface area contributed by atoms with E-state index in [4.69, 9.17) is 13.6 Å². The highest BCUT2D eigenvalue weighted by Gasteiger charge is 2.15. The van der Waals surface area contributed by atoms with Crippen LogP contribution >= 0.6 is 0 Å². The van der Waals surface area contributed by atoms with Gasteiger partial charge in [0.1, 0.15) is 18.7 Å². The predicted molar refractivity (Wildman–Crippen MR) is 103 cm³/mol. The Morgan fingerprint density at radius 3 is 2.66 bits per heavy atom. The normalized spacial score (nSPS) is 10.9. The summed E-state index contributed by atoms with van der Waals surface area (Å²) in [6.45, 7) is 1.33. The molecular formula is C21H16N2O6. The Labute approximate surface area is 164 Å². The molecule has 29 heavy (non-hydrogen) atoms. The van der Waals surface area contributed by atoms with Crippen LogP contribution in [0.4, 0.5) is 0 Å². The number of fused-ring (bicyclic) bond motifs is 1. The van der Waals surface area contributed by atoms with Gasteiger partial charge in [0.2, 0.25) is 5.89 Å². The molecule has 0 saturated carbocycles. The molecule has 0 unspecified atom stereocenters. The summed E-state index contributed by atoms with van der Waals surface area (Å²) in [5.74, 6) is -1.33. The molecular weight excluding hydrogens is 376 g/mol. The Hall–Kier alpha value is -3.94. The molecule has 0 aliphatic carbocycles. The van der Waals surface area contributed by atoms with E-state index < -0.39 is 23.9 Å². The van der Waals surface area contributed by atoms with Crippen molar-refractivity contribution in [3.05, 3.63) is 86.7 Å². The third kappa shape index (κ3) is 4.01. The molecule has 146 valence electrons. The fourth-order valence-electron chi connectivity index (χ4n) is 2.89. The van der Waals surface area contributed by atoms with Crippen molar-refractivity contribution in [2.75, 3.05) is 0 Å². The van der Waals surface area contributed by atoms with Crippen LogP contribution in [0, 0.1) is 6.92 Å². The number of benzene rings is 2. The van der Waals surface area contributed by atoms with E-state index in [0.29, 0.717) is 22.1 Å². The summed E-state index contributed by atoms with van der Waals surface area (Å²) in [5, 5.41) is 4.69. The topological polar surface area (TPSA) is 105 Å². The van der Waals surface area contributed by atoms with Gasteiger partial charge in [-0.15, -0.1) is 5.10 Å². The Kier molecular flexibility index (Phi) is 4.82. The van der Waals surface area contributed by atoms with Crippen LogP contribution in [0.2, 0.25) is 0 Å². The van der Waals surface area contributed by atoms with E-state index in [1.807, 2.05) is 19.1 Å². The first-order valence-electron chi connectivity index (χ1n) is 8.82. The highest BCUT2D eigenvalue weighted by molar-refractivity contribution is 5.81. The van der Waals surface area contributed by atoms with Crippen LogP contribution in [0.3, 0.4) is 0 Å². The summed E-state index contributed by atoms with van der Waals surface area (Å²) in [6.07, 6.45) is 0. The second-order valence-electron chi connectivity index (χ2n) is 6.45. The maximum Gasteiger partial charge on any atom is 0.437 e. The number of nitrogens with zero attached hydrogens (tertiary/aromatic N) is 2. The fraction of sp³-hybridized carbons (Fsp3) is 0.143. The molecule has 8 nitrogen and oxygen atoms in total. The summed E-state index contributed by atoms with van der Waals surface area (Å²) < 4.78 is 16.4. The number of rotatable bonds is 5. The first kappa shape index (κ1) is 18.4. The van der Waals surface area contributed by atoms with E-state index in [2.05, 4.69) is 5.10 Å². The lowest BCUT2D eigenvalue weighted by Crippen LogP contribution is -2.23. The number of aromatic nitrogens is 2. The van der Waals surface area contributed by atoms with E-state index in [-0.39, 0.29) is 12.5 Å². The second kappa shape index (κ2) is 7.59. The molecule has 0 saturated heterocycles. The lowest BCUT2D eigenvalue weighted by molar-refractivity contribution is -0.146. The summed E-state index contributed by atoms with van der Waals surface area (Å²) >= 11 is 0. The average molecular weight is 392 g/mol. The van der Waals surface area contributed by atoms with Gasteiger partial charge in [-0.3, -0.25) is 4.79 Å². The van der Waals surface area contributed by atoms with Crippen LogP contribution in [0.15, 0.2) is 73.0 Å². The van der Waals surface area contributed by atoms with Crippen molar-refractivity contribution < 1.29 is 18.4 Å². The molecule has 0 radical (unpaired) electrons. The molecule has 2 aromatic heterocycles. The number of carbonyl (C=O) groups excluding carboxylic acids is 1. The molecule has 4 aromatic rings. The number of hydrogen-bond donors (Lipinski definition) is 0. The van der Waals surface area contributed by atoms with Gasteiger partial charge in [-0.25, -0.2) is 9.59 Å². The van der Waals surface area contributed by atoms with Gasteiger partial charge < -0.3 is 13.6 Å². The minimum Gasteiger partial charge on any atom is -0.459 e. The van der Waals surface area contributed by atoms with Crippen LogP contribution in [0.25, 0.3) is 22.4 Å². The average Bonchev–Trinajstić information content (AvgIpc) is 3.06. The maximum atomic E-state index is 12.2. The lowest BCUT2D eigenvalue weighted by atomic mass is 10.1. The van der Waals surface area contributed by atoms with Crippen molar-refractivity contribution in [1.82, 2.24) is 9.78 Å². The summed E-state index contributed by atoms with van der Waals surface area (Å²) in [7, 11) is 0. The molecule has 2 heterocycles. The molecule has 0 N–H and O–H groups in total. The fourth-order valence-corrected chi connectivity index (χ4v) is 2.89. The minimum absolute atomic E-state index is 0.116. The Balaban J connectivity index is 1.49. The van der Waals surface area contributed by atoms with Crippen molar-refractivity contribution in [3.8, 4) is 11.5 Å². The van der Waals surface area contributed by atoms with Crippen LogP contribution in [0.1, 0.15) is 11.1 Å². The van der Waals surface area contributed by atoms with Crippen LogP contribution in [-0.2, 0) is 22.7 Å². The predicted octanol–water partition coefficient (Wildman–Crippen LogP) is 2.66. The van der Waals surface area contributed by atoms with Crippen molar-refractivity contribution in [2.45, 2.75) is 20.1 Å². The Morgan fingerprint density at radius 1 is 1.07 bits per heavy atom. The number of carbonyl (C=O) groups is 1. The minimum atomic E-state index is -0.762. The molecule has 0 fully saturated rings. The van der Waals surface area contributed by atoms with Crippen LogP contribution in [-0.4, -0.2) is 15.7 Å². The van der Waals surface area contributed by atoms with Crippen molar-refractivity contribution in [3.63, 3.8) is 0 Å². The SMILES string of the molecule is Cc1ccc2c(COC(=O)Cn3nc(-c4ccccc4)oc3=O)cc(=O)oc2c1. The van der Waals surface area contributed by atoms with E-state index in [1.54, 1.807) is 36.4 Å². The van der Waals surface area contributed by atoms with Crippen molar-refractivity contribution in [2.24, 2.45) is 0 Å². The molecule has 0 spiro atoms. The van der Waals surface area contributed by atoms with Gasteiger partial charge >= 0.3 is 17.4 Å². The zero-order valence-electron chi connectivity index (χ0n) is 15.5. The van der Waals surface area contributed by atoms with Gasteiger partial charge in [0.15, 0.2) is 0 Å². The van der Waals surface area contributed by atoms with Crippen LogP contribution < -0.4 is 11.4 Å². The van der Waals surface area contributed by atoms with Gasteiger partial charge in [-0.2, -0.15) is 4.68 Å². The third-order valence-corrected chi connectivity index (χ3v) is 4.28. The molecule has 0 bridgehead atoms. The quantitative estimate of drug-likeness (QED) is 0.380. The van der Waals surface area contributed by atoms with Crippen molar-refractivity contribution >= 4 is 16.9 Å². The molecule has 0 aliphatic heterocycles. The number of esters is 1. The van der Waals surface area contributed by atoms with Gasteiger partial charge in [-0.1, -0.05) is 30.3 Å². The summed E-state index contributed by atoms with van der Waals surface area (Å²) in [4.78, 5) is 35.9. The largest absolute Gasteiger partial charge is 0.459 e. The summed E-state index contributed by atoms with van der Waals surface area (Å²) in [6, 6.07) is 15.5. The zero-order chi connectivity index (χ0) is 20.4. The van der Waals surface area contributed by atoms with Gasteiger partial charge in [0, 0.05) is 22.6 Å². The summed E-state index contributed by atoms with van der Waals surface area (Å²) in [5.41, 5.74) is 1.96. The highest BCUT2D eigenvalue weighted by Crippen LogP contribution is 2.19. The van der Waals surface area contributed by atoms with Crippen molar-refractivity contribution in [1.29, 1.82) is 0 Å². The third-order valence-electron chi connectivity index (χ3n) is 4.28. The number of ether oxygens (including phenoxy) is 1. The molecule has 0 amide bonds. The first-order chi connectivity index (χ1) is 14.0. The van der Waals surface area contributed by atoms with E-state index in [0.717, 1.165) is 10.2 Å². The van der Waals surface area contributed by atoms with Crippen LogP contribution in [0.5, 0.6) is 0 Å². The lowest BCUT2D eigenvalue weighted by Gasteiger charge is -2.07. The molecule has 0 atom stereocenters. The monoisotopic (exact) mass is 392 g/mol. The van der Waals surface area contributed by atoms with Gasteiger partial charge in [-0.05, 0) is 30.7 Å². The van der Waals surface area contributed by atoms with E-state index >= 15 is 0 Å². The smallest absolute Gasteiger partial charge is 0.437 e. The van der Waals surface area contributed by atoms with Gasteiger partial charge in [0.25, 0.3) is 0 Å². The number of hydrogen-bond acceptors (Lipinski definition) is 7. The number of aryl methyl sites for hydroxylation is 1. The zero-order valence-corrected chi connectivity index (χ0v) is 15.5. The molecule has 0 aliphatic rings.